The molecule has 0 aliphatic carbocycles. The molecule has 21 heteroatoms. The predicted molar refractivity (Wildman–Crippen MR) is 274 cm³/mol. The summed E-state index contributed by atoms with van der Waals surface area (Å²) >= 11 is 0. The second-order valence-corrected chi connectivity index (χ2v) is 22.6. The van der Waals surface area contributed by atoms with Gasteiger partial charge in [0.1, 0.15) is 41.9 Å². The molecule has 18 atom stereocenters. The molecule has 0 spiro atoms. The van der Waals surface area contributed by atoms with Crippen LogP contribution in [0.2, 0.25) is 0 Å². The summed E-state index contributed by atoms with van der Waals surface area (Å²) in [6.45, 7) is 17.1. The maximum atomic E-state index is 15.1. The number of ether oxygens (including phenoxy) is 6. The van der Waals surface area contributed by atoms with E-state index in [2.05, 4.69) is 10.3 Å². The molecule has 0 radical (unpaired) electrons. The highest BCUT2D eigenvalue weighted by Gasteiger charge is 2.55. The van der Waals surface area contributed by atoms with Crippen LogP contribution >= 0.6 is 0 Å². The molecule has 0 saturated carbocycles. The number of aromatic nitrogens is 4. The third kappa shape index (κ3) is 12.8. The van der Waals surface area contributed by atoms with Gasteiger partial charge in [0.05, 0.1) is 71.7 Å². The molecule has 4 fully saturated rings. The highest BCUT2D eigenvalue weighted by molar-refractivity contribution is 5.89. The van der Waals surface area contributed by atoms with Crippen molar-refractivity contribution in [3.8, 4) is 5.69 Å². The van der Waals surface area contributed by atoms with Gasteiger partial charge in [0, 0.05) is 63.1 Å². The van der Waals surface area contributed by atoms with Gasteiger partial charge in [-0.25, -0.2) is 13.9 Å². The number of methoxy groups -OCH3 is 1. The van der Waals surface area contributed by atoms with Crippen molar-refractivity contribution in [2.24, 2.45) is 17.8 Å². The lowest BCUT2D eigenvalue weighted by atomic mass is 9.69. The summed E-state index contributed by atoms with van der Waals surface area (Å²) in [4.78, 5) is 32.8. The third-order valence-corrected chi connectivity index (χ3v) is 17.0. The molecule has 0 bridgehead atoms. The quantitative estimate of drug-likeness (QED) is 0.152. The lowest BCUT2D eigenvalue weighted by Crippen LogP contribution is -2.62. The number of anilines is 1. The summed E-state index contributed by atoms with van der Waals surface area (Å²) in [5.74, 6) is -3.51. The van der Waals surface area contributed by atoms with Gasteiger partial charge in [0.15, 0.2) is 6.29 Å². The van der Waals surface area contributed by atoms with Gasteiger partial charge >= 0.3 is 12.1 Å². The second-order valence-electron chi connectivity index (χ2n) is 22.6. The average Bonchev–Trinajstić information content (AvgIpc) is 4.15. The number of amides is 1. The van der Waals surface area contributed by atoms with Crippen molar-refractivity contribution in [1.82, 2.24) is 29.4 Å². The molecule has 1 amide bonds. The van der Waals surface area contributed by atoms with Crippen molar-refractivity contribution in [3.63, 3.8) is 0 Å². The van der Waals surface area contributed by atoms with E-state index in [1.165, 1.54) is 25.0 Å². The van der Waals surface area contributed by atoms with E-state index in [9.17, 15) is 35.1 Å². The van der Waals surface area contributed by atoms with Crippen LogP contribution in [0.5, 0.6) is 0 Å². The van der Waals surface area contributed by atoms with Crippen LogP contribution in [0.4, 0.5) is 14.9 Å². The number of benzene rings is 1. The molecule has 6 heterocycles. The number of carbonyl (C=O) groups excluding carboxylic acids is 2. The Bertz CT molecular complexity index is 2360. The molecule has 75 heavy (non-hydrogen) atoms. The lowest BCUT2D eigenvalue weighted by molar-refractivity contribution is -0.302. The molecule has 5 N–H and O–H groups in total. The fourth-order valence-corrected chi connectivity index (χ4v) is 12.1. The molecule has 2 aromatic heterocycles. The van der Waals surface area contributed by atoms with E-state index in [-0.39, 0.29) is 38.5 Å². The number of nitrogens with zero attached hydrogens (tertiary/aromatic N) is 7. The van der Waals surface area contributed by atoms with E-state index in [0.717, 1.165) is 0 Å². The number of halogens is 1. The molecule has 420 valence electrons. The largest absolute Gasteiger partial charge is 0.459 e. The van der Waals surface area contributed by atoms with Crippen LogP contribution in [0.25, 0.3) is 5.69 Å². The van der Waals surface area contributed by atoms with E-state index in [4.69, 9.17) is 28.4 Å². The number of hydrogen-bond acceptors (Lipinski definition) is 17. The third-order valence-electron chi connectivity index (χ3n) is 17.0. The summed E-state index contributed by atoms with van der Waals surface area (Å²) in [5, 5.41) is 68.5. The fraction of sp³-hybridized carbons (Fsp3) is 0.741. The Balaban J connectivity index is 1.08. The van der Waals surface area contributed by atoms with Gasteiger partial charge in [-0.1, -0.05) is 26.0 Å². The Kier molecular flexibility index (Phi) is 18.6. The van der Waals surface area contributed by atoms with Crippen molar-refractivity contribution in [2.75, 3.05) is 45.7 Å². The maximum absolute atomic E-state index is 15.1. The number of rotatable bonds is 13. The standard InChI is InChI=1S/C54H84FN7O13/c1-13-43-54(9,69)46(64)34(5)58(10)21-16-20-52(7,68)48(32(3)44(33(4)49(66)74-43)42-27-53(8,70-12)47(65)35(6)72-42)75-50-45(63)41(25-31(2)71-50)59(11)24-19-36-28-61(57-56-36)29-38-30-62(51(67)73-38)37-17-18-40(39(55)26-37)60-22-14-15-23-60/h14-15,17-18,22-23,26,28,31-35,38,41-48,50,63-65,68-69H,13,16,19-21,24-25,27,29-30H2,1-12H3/t31-,32+,33-,34-,35+,38+,41+,42?,43-,44+,45-,46-,47+,48-,50+,52-,53-,54-/m1/s1. The van der Waals surface area contributed by atoms with Crippen molar-refractivity contribution in [3.05, 3.63) is 60.4 Å². The summed E-state index contributed by atoms with van der Waals surface area (Å²) in [7, 11) is 5.25. The normalized spacial score (nSPS) is 39.0. The van der Waals surface area contributed by atoms with Crippen LogP contribution in [-0.2, 0) is 46.2 Å². The van der Waals surface area contributed by atoms with Gasteiger partial charge in [0.25, 0.3) is 0 Å². The Hall–Kier alpha value is -4.13. The summed E-state index contributed by atoms with van der Waals surface area (Å²) in [5.41, 5.74) is -3.06. The van der Waals surface area contributed by atoms with Crippen LogP contribution in [0.3, 0.4) is 0 Å². The van der Waals surface area contributed by atoms with Crippen molar-refractivity contribution in [2.45, 2.75) is 197 Å². The molecule has 4 aliphatic rings. The smallest absolute Gasteiger partial charge is 0.414 e. The van der Waals surface area contributed by atoms with Crippen LogP contribution in [0.15, 0.2) is 48.9 Å². The van der Waals surface area contributed by atoms with E-state index >= 15 is 4.39 Å². The Morgan fingerprint density at radius 1 is 0.987 bits per heavy atom. The minimum absolute atomic E-state index is 0.173. The van der Waals surface area contributed by atoms with Crippen molar-refractivity contribution >= 4 is 17.7 Å². The highest BCUT2D eigenvalue weighted by atomic mass is 19.1. The second kappa shape index (κ2) is 23.9. The number of likely N-dealkylation sites (N-methyl/N-ethyl adjacent to an activating group) is 2. The van der Waals surface area contributed by atoms with Crippen LogP contribution in [0.1, 0.15) is 100 Å². The van der Waals surface area contributed by atoms with Crippen LogP contribution in [0, 0.1) is 23.6 Å². The van der Waals surface area contributed by atoms with Gasteiger partial charge in [0.2, 0.25) is 0 Å². The van der Waals surface area contributed by atoms with Crippen molar-refractivity contribution < 1.29 is 67.9 Å². The SMILES string of the molecule is CC[C@H]1OC(=O)[C@H](C)[C@@H](C2C[C@@](C)(OC)[C@@H](O)[C@H](C)O2)[C@H](C)[C@@H](O[C@@H]2O[C@H](C)C[C@H](N(C)CCc3cn(C[C@H]4CN(c5ccc(-n6cccc6)c(F)c5)C(=O)O4)nn3)[C@H]2O)[C@](C)(O)CCCN(C)[C@H](C)[C@@H](O)[C@]1(C)O. The predicted octanol–water partition coefficient (Wildman–Crippen LogP) is 4.09. The maximum Gasteiger partial charge on any atom is 0.414 e. The first-order valence-electron chi connectivity index (χ1n) is 26.7. The van der Waals surface area contributed by atoms with E-state index in [1.54, 1.807) is 93.6 Å². The number of hydrogen-bond donors (Lipinski definition) is 5. The minimum atomic E-state index is -1.82. The number of aliphatic hydroxyl groups is 5. The van der Waals surface area contributed by atoms with Crippen molar-refractivity contribution in [1.29, 1.82) is 0 Å². The zero-order valence-electron chi connectivity index (χ0n) is 45.9. The van der Waals surface area contributed by atoms with Crippen LogP contribution in [-0.4, -0.2) is 198 Å². The first-order valence-corrected chi connectivity index (χ1v) is 26.7. The summed E-state index contributed by atoms with van der Waals surface area (Å²) in [6.07, 6.45) is -2.61. The molecule has 4 aliphatic heterocycles. The van der Waals surface area contributed by atoms with Crippen LogP contribution < -0.4 is 4.90 Å². The molecule has 3 aromatic rings. The first-order chi connectivity index (χ1) is 35.3. The number of aliphatic hydroxyl groups excluding tert-OH is 3. The molecule has 4 saturated heterocycles. The number of cyclic esters (lactones) is 2. The average molecular weight is 1060 g/mol. The van der Waals surface area contributed by atoms with Gasteiger partial charge in [-0.2, -0.15) is 0 Å². The molecular weight excluding hydrogens is 974 g/mol. The Labute approximate surface area is 440 Å². The fourth-order valence-electron chi connectivity index (χ4n) is 12.1. The minimum Gasteiger partial charge on any atom is -0.459 e. The molecule has 1 aromatic carbocycles. The monoisotopic (exact) mass is 1060 g/mol. The summed E-state index contributed by atoms with van der Waals surface area (Å²) in [6, 6.07) is 7.20. The molecule has 1 unspecified atom stereocenters. The molecular formula is C54H84FN7O13. The lowest BCUT2D eigenvalue weighted by Gasteiger charge is -2.51. The van der Waals surface area contributed by atoms with Gasteiger partial charge in [-0.15, -0.1) is 5.10 Å². The summed E-state index contributed by atoms with van der Waals surface area (Å²) < 4.78 is 56.1. The molecule has 20 nitrogen and oxygen atoms in total. The number of carbonyl (C=O) groups is 2. The van der Waals surface area contributed by atoms with Gasteiger partial charge < -0.3 is 68.3 Å². The van der Waals surface area contributed by atoms with E-state index < -0.39 is 120 Å². The zero-order valence-corrected chi connectivity index (χ0v) is 45.9. The van der Waals surface area contributed by atoms with E-state index in [1.807, 2.05) is 37.7 Å². The molecule has 7 rings (SSSR count). The Morgan fingerprint density at radius 3 is 2.36 bits per heavy atom. The van der Waals surface area contributed by atoms with E-state index in [0.29, 0.717) is 49.4 Å². The van der Waals surface area contributed by atoms with Gasteiger partial charge in [-0.3, -0.25) is 9.69 Å². The van der Waals surface area contributed by atoms with Gasteiger partial charge in [-0.05, 0) is 124 Å². The number of esters is 1. The topological polar surface area (TPSA) is 236 Å². The highest BCUT2D eigenvalue weighted by Crippen LogP contribution is 2.45. The Morgan fingerprint density at radius 2 is 1.69 bits per heavy atom. The zero-order chi connectivity index (χ0) is 54.9. The first kappa shape index (κ1) is 58.6.